The summed E-state index contributed by atoms with van der Waals surface area (Å²) >= 11 is 0. The molecule has 0 aliphatic carbocycles. The van der Waals surface area contributed by atoms with E-state index >= 15 is 0 Å². The molecule has 3 N–H and O–H groups in total. The zero-order chi connectivity index (χ0) is 17.1. The molecule has 0 saturated carbocycles. The number of nitrogens with one attached hydrogen (secondary N) is 1. The van der Waals surface area contributed by atoms with E-state index in [0.717, 1.165) is 12.8 Å². The van der Waals surface area contributed by atoms with Crippen molar-refractivity contribution >= 4 is 18.0 Å². The summed E-state index contributed by atoms with van der Waals surface area (Å²) < 4.78 is 9.82. The van der Waals surface area contributed by atoms with Crippen LogP contribution in [0.25, 0.3) is 0 Å². The van der Waals surface area contributed by atoms with Crippen molar-refractivity contribution in [3.8, 4) is 0 Å². The number of piperidine rings is 1. The van der Waals surface area contributed by atoms with Crippen LogP contribution in [0.3, 0.4) is 0 Å². The number of esters is 1. The van der Waals surface area contributed by atoms with Crippen LogP contribution >= 0.6 is 0 Å². The fraction of sp³-hybridized carbons (Fsp3) is 0.800. The molecule has 0 bridgehead atoms. The first-order valence-electron chi connectivity index (χ1n) is 8.20. The Kier molecular flexibility index (Phi) is 8.86. The number of nitrogens with two attached hydrogens (primary N) is 1. The summed E-state index contributed by atoms with van der Waals surface area (Å²) in [6, 6.07) is 0.203. The highest BCUT2D eigenvalue weighted by molar-refractivity contribution is 5.78. The molecule has 1 saturated heterocycles. The predicted molar refractivity (Wildman–Crippen MR) is 87.1 cm³/mol. The minimum atomic E-state index is -0.258. The second-order valence-corrected chi connectivity index (χ2v) is 5.28. The van der Waals surface area contributed by atoms with E-state index in [1.54, 1.807) is 18.7 Å². The van der Waals surface area contributed by atoms with Crippen LogP contribution in [0.2, 0.25) is 0 Å². The van der Waals surface area contributed by atoms with Crippen molar-refractivity contribution in [2.75, 3.05) is 32.8 Å². The Bertz CT molecular complexity index is 406. The number of carbonyl (C=O) groups is 2. The van der Waals surface area contributed by atoms with Crippen molar-refractivity contribution in [2.24, 2.45) is 10.7 Å². The van der Waals surface area contributed by atoms with Gasteiger partial charge in [-0.15, -0.1) is 0 Å². The van der Waals surface area contributed by atoms with Crippen LogP contribution < -0.4 is 11.1 Å². The van der Waals surface area contributed by atoms with Gasteiger partial charge in [-0.25, -0.2) is 4.79 Å². The van der Waals surface area contributed by atoms with Crippen molar-refractivity contribution in [3.05, 3.63) is 0 Å². The van der Waals surface area contributed by atoms with Crippen LogP contribution in [-0.2, 0) is 14.3 Å². The highest BCUT2D eigenvalue weighted by Crippen LogP contribution is 2.11. The standard InChI is InChI=1S/C15H28N4O4/c1-3-22-13(20)6-5-9-17-14(16)18-12-7-10-19(11-8-12)15(21)23-4-2/h12H,3-11H2,1-2H3,(H3,16,17,18). The van der Waals surface area contributed by atoms with Gasteiger partial charge in [-0.3, -0.25) is 9.79 Å². The van der Waals surface area contributed by atoms with Crippen molar-refractivity contribution in [1.82, 2.24) is 10.2 Å². The smallest absolute Gasteiger partial charge is 0.409 e. The number of rotatable bonds is 7. The topological polar surface area (TPSA) is 106 Å². The number of amides is 1. The number of carbonyl (C=O) groups excluding carboxylic acids is 2. The Hall–Kier alpha value is -1.99. The Morgan fingerprint density at radius 2 is 1.87 bits per heavy atom. The molecule has 8 heteroatoms. The summed E-state index contributed by atoms with van der Waals surface area (Å²) in [5.41, 5.74) is 5.84. The summed E-state index contributed by atoms with van der Waals surface area (Å²) in [7, 11) is 0. The van der Waals surface area contributed by atoms with Crippen molar-refractivity contribution in [2.45, 2.75) is 45.6 Å². The molecule has 0 atom stereocenters. The second-order valence-electron chi connectivity index (χ2n) is 5.28. The maximum absolute atomic E-state index is 11.6. The minimum absolute atomic E-state index is 0.203. The van der Waals surface area contributed by atoms with Crippen LogP contribution in [0.4, 0.5) is 4.79 Å². The number of ether oxygens (including phenoxy) is 2. The molecule has 0 aromatic carbocycles. The average Bonchev–Trinajstić information content (AvgIpc) is 2.53. The fourth-order valence-corrected chi connectivity index (χ4v) is 2.33. The van der Waals surface area contributed by atoms with Gasteiger partial charge in [0.25, 0.3) is 0 Å². The van der Waals surface area contributed by atoms with Crippen molar-refractivity contribution in [1.29, 1.82) is 0 Å². The summed E-state index contributed by atoms with van der Waals surface area (Å²) in [6.45, 7) is 6.15. The first kappa shape index (κ1) is 19.1. The molecule has 0 unspecified atom stereocenters. The maximum atomic E-state index is 11.6. The molecule has 1 rings (SSSR count). The predicted octanol–water partition coefficient (Wildman–Crippen LogP) is 0.855. The third-order valence-corrected chi connectivity index (χ3v) is 3.50. The van der Waals surface area contributed by atoms with E-state index in [4.69, 9.17) is 15.2 Å². The Labute approximate surface area is 137 Å². The lowest BCUT2D eigenvalue weighted by atomic mass is 10.1. The van der Waals surface area contributed by atoms with Gasteiger partial charge in [0.15, 0.2) is 5.96 Å². The summed E-state index contributed by atoms with van der Waals surface area (Å²) in [5, 5.41) is 3.16. The molecule has 0 aromatic heterocycles. The number of hydrogen-bond donors (Lipinski definition) is 2. The summed E-state index contributed by atoms with van der Waals surface area (Å²) in [6.07, 6.45) is 2.31. The van der Waals surface area contributed by atoms with E-state index in [1.165, 1.54) is 0 Å². The fourth-order valence-electron chi connectivity index (χ4n) is 2.33. The van der Waals surface area contributed by atoms with Gasteiger partial charge in [-0.1, -0.05) is 0 Å². The van der Waals surface area contributed by atoms with Gasteiger partial charge < -0.3 is 25.4 Å². The van der Waals surface area contributed by atoms with Crippen LogP contribution in [0.1, 0.15) is 39.5 Å². The average molecular weight is 328 g/mol. The van der Waals surface area contributed by atoms with E-state index in [9.17, 15) is 9.59 Å². The van der Waals surface area contributed by atoms with E-state index in [0.29, 0.717) is 51.6 Å². The Morgan fingerprint density at radius 1 is 1.22 bits per heavy atom. The molecule has 1 fully saturated rings. The lowest BCUT2D eigenvalue weighted by molar-refractivity contribution is -0.143. The largest absolute Gasteiger partial charge is 0.466 e. The lowest BCUT2D eigenvalue weighted by Gasteiger charge is -2.31. The monoisotopic (exact) mass is 328 g/mol. The highest BCUT2D eigenvalue weighted by Gasteiger charge is 2.23. The Balaban J connectivity index is 2.20. The van der Waals surface area contributed by atoms with Gasteiger partial charge in [0.1, 0.15) is 0 Å². The molecule has 132 valence electrons. The quantitative estimate of drug-likeness (QED) is 0.311. The van der Waals surface area contributed by atoms with Gasteiger partial charge >= 0.3 is 12.1 Å². The molecule has 23 heavy (non-hydrogen) atoms. The number of hydrogen-bond acceptors (Lipinski definition) is 5. The summed E-state index contributed by atoms with van der Waals surface area (Å²) in [5.74, 6) is 0.170. The highest BCUT2D eigenvalue weighted by atomic mass is 16.6. The first-order valence-corrected chi connectivity index (χ1v) is 8.20. The Morgan fingerprint density at radius 3 is 2.48 bits per heavy atom. The zero-order valence-corrected chi connectivity index (χ0v) is 14.0. The molecule has 1 heterocycles. The van der Waals surface area contributed by atoms with Gasteiger partial charge in [0.05, 0.1) is 13.2 Å². The van der Waals surface area contributed by atoms with Gasteiger partial charge in [-0.2, -0.15) is 0 Å². The molecular formula is C15H28N4O4. The van der Waals surface area contributed by atoms with E-state index in [1.807, 2.05) is 0 Å². The van der Waals surface area contributed by atoms with Gasteiger partial charge in [0.2, 0.25) is 0 Å². The molecule has 0 radical (unpaired) electrons. The summed E-state index contributed by atoms with van der Waals surface area (Å²) in [4.78, 5) is 28.7. The van der Waals surface area contributed by atoms with Crippen LogP contribution in [0.5, 0.6) is 0 Å². The number of likely N-dealkylation sites (tertiary alicyclic amines) is 1. The minimum Gasteiger partial charge on any atom is -0.466 e. The van der Waals surface area contributed by atoms with Crippen molar-refractivity contribution in [3.63, 3.8) is 0 Å². The number of nitrogens with zero attached hydrogens (tertiary/aromatic N) is 2. The van der Waals surface area contributed by atoms with E-state index in [-0.39, 0.29) is 18.1 Å². The molecule has 8 nitrogen and oxygen atoms in total. The molecular weight excluding hydrogens is 300 g/mol. The second kappa shape index (κ2) is 10.7. The molecule has 0 spiro atoms. The molecule has 1 amide bonds. The number of guanidine groups is 1. The SMILES string of the molecule is CCOC(=O)CCCN=C(N)NC1CCN(C(=O)OCC)CC1. The molecule has 0 aromatic rings. The maximum Gasteiger partial charge on any atom is 0.409 e. The molecule has 1 aliphatic heterocycles. The third kappa shape index (κ3) is 7.71. The number of aliphatic imine (C=N–C) groups is 1. The van der Waals surface area contributed by atoms with Gasteiger partial charge in [0, 0.05) is 32.1 Å². The van der Waals surface area contributed by atoms with Crippen LogP contribution in [0, 0.1) is 0 Å². The first-order chi connectivity index (χ1) is 11.1. The van der Waals surface area contributed by atoms with Crippen LogP contribution in [-0.4, -0.2) is 61.8 Å². The van der Waals surface area contributed by atoms with E-state index < -0.39 is 0 Å². The molecule has 1 aliphatic rings. The van der Waals surface area contributed by atoms with Crippen molar-refractivity contribution < 1.29 is 19.1 Å². The normalized spacial score (nSPS) is 16.1. The van der Waals surface area contributed by atoms with Crippen LogP contribution in [0.15, 0.2) is 4.99 Å². The zero-order valence-electron chi connectivity index (χ0n) is 14.0. The van der Waals surface area contributed by atoms with Gasteiger partial charge in [-0.05, 0) is 33.1 Å². The van der Waals surface area contributed by atoms with E-state index in [2.05, 4.69) is 10.3 Å². The lowest BCUT2D eigenvalue weighted by Crippen LogP contribution is -2.48. The third-order valence-electron chi connectivity index (χ3n) is 3.50.